The lowest BCUT2D eigenvalue weighted by Gasteiger charge is -2.17. The van der Waals surface area contributed by atoms with Crippen molar-refractivity contribution >= 4 is 0 Å². The molecule has 0 saturated carbocycles. The van der Waals surface area contributed by atoms with Crippen LogP contribution in [0.2, 0.25) is 0 Å². The maximum atomic E-state index is 5.80. The van der Waals surface area contributed by atoms with Crippen LogP contribution in [0, 0.1) is 0 Å². The summed E-state index contributed by atoms with van der Waals surface area (Å²) in [6.07, 6.45) is 8.87. The van der Waals surface area contributed by atoms with Crippen molar-refractivity contribution in [2.24, 2.45) is 0 Å². The largest absolute Gasteiger partial charge is 0.493 e. The molecule has 0 aromatic heterocycles. The van der Waals surface area contributed by atoms with Crippen molar-refractivity contribution < 1.29 is 9.47 Å². The van der Waals surface area contributed by atoms with Gasteiger partial charge in [0, 0.05) is 6.07 Å². The second-order valence-electron chi connectivity index (χ2n) is 5.90. The first kappa shape index (κ1) is 15.7. The van der Waals surface area contributed by atoms with Gasteiger partial charge in [0.15, 0.2) is 0 Å². The Morgan fingerprint density at radius 2 is 2.10 bits per heavy atom. The van der Waals surface area contributed by atoms with Crippen molar-refractivity contribution in [2.45, 2.75) is 46.5 Å². The van der Waals surface area contributed by atoms with Crippen molar-refractivity contribution in [1.29, 1.82) is 0 Å². The molecular weight excluding hydrogens is 260 g/mol. The van der Waals surface area contributed by atoms with E-state index in [0.29, 0.717) is 6.61 Å². The summed E-state index contributed by atoms with van der Waals surface area (Å²) in [6.45, 7) is 7.89. The predicted octanol–water partition coefficient (Wildman–Crippen LogP) is 5.08. The zero-order valence-electron chi connectivity index (χ0n) is 13.4. The van der Waals surface area contributed by atoms with Gasteiger partial charge >= 0.3 is 0 Å². The lowest BCUT2D eigenvalue weighted by Crippen LogP contribution is -2.08. The van der Waals surface area contributed by atoms with Crippen LogP contribution in [0.5, 0.6) is 11.5 Å². The molecule has 1 aliphatic heterocycles. The van der Waals surface area contributed by atoms with Gasteiger partial charge in [0.25, 0.3) is 0 Å². The quantitative estimate of drug-likeness (QED) is 0.679. The summed E-state index contributed by atoms with van der Waals surface area (Å²) in [5.41, 5.74) is 4.05. The van der Waals surface area contributed by atoms with Crippen LogP contribution in [0.1, 0.15) is 45.6 Å². The van der Waals surface area contributed by atoms with Gasteiger partial charge in [-0.15, -0.1) is 0 Å². The molecule has 1 aliphatic rings. The Balaban J connectivity index is 1.81. The van der Waals surface area contributed by atoms with E-state index in [1.165, 1.54) is 16.7 Å². The zero-order chi connectivity index (χ0) is 15.1. The second-order valence-corrected chi connectivity index (χ2v) is 5.90. The van der Waals surface area contributed by atoms with Crippen molar-refractivity contribution in [1.82, 2.24) is 0 Å². The summed E-state index contributed by atoms with van der Waals surface area (Å²) in [7, 11) is 0. The topological polar surface area (TPSA) is 18.5 Å². The van der Waals surface area contributed by atoms with Crippen LogP contribution in [0.25, 0.3) is 0 Å². The van der Waals surface area contributed by atoms with Gasteiger partial charge in [-0.1, -0.05) is 23.3 Å². The Morgan fingerprint density at radius 1 is 1.24 bits per heavy atom. The number of ether oxygens (including phenoxy) is 2. The van der Waals surface area contributed by atoms with Crippen LogP contribution < -0.4 is 9.47 Å². The molecule has 21 heavy (non-hydrogen) atoms. The molecule has 0 fully saturated rings. The number of benzene rings is 1. The standard InChI is InChI=1S/C19H26O2/c1-15(2)6-4-7-16(3)11-13-20-18-10-9-17-8-5-12-21-19(17)14-18/h6,9-11,14H,4-5,7-8,12-13H2,1-3H3/b16-11+. The SMILES string of the molecule is CC(C)=CCC/C(C)=C/COc1ccc2c(c1)OCCC2. The highest BCUT2D eigenvalue weighted by Gasteiger charge is 2.10. The molecule has 2 rings (SSSR count). The molecule has 114 valence electrons. The van der Waals surface area contributed by atoms with E-state index in [1.807, 2.05) is 12.1 Å². The van der Waals surface area contributed by atoms with Gasteiger partial charge < -0.3 is 9.47 Å². The Kier molecular flexibility index (Phi) is 5.91. The fourth-order valence-corrected chi connectivity index (χ4v) is 2.38. The molecule has 0 N–H and O–H groups in total. The Hall–Kier alpha value is -1.70. The van der Waals surface area contributed by atoms with Gasteiger partial charge in [-0.3, -0.25) is 0 Å². The van der Waals surface area contributed by atoms with Crippen LogP contribution in [0.15, 0.2) is 41.5 Å². The average Bonchev–Trinajstić information content (AvgIpc) is 2.47. The van der Waals surface area contributed by atoms with Crippen molar-refractivity contribution in [3.8, 4) is 11.5 Å². The van der Waals surface area contributed by atoms with Crippen molar-refractivity contribution in [3.05, 3.63) is 47.1 Å². The third-order valence-electron chi connectivity index (χ3n) is 3.66. The van der Waals surface area contributed by atoms with Gasteiger partial charge in [-0.25, -0.2) is 0 Å². The lowest BCUT2D eigenvalue weighted by molar-refractivity contribution is 0.284. The van der Waals surface area contributed by atoms with E-state index in [1.54, 1.807) is 0 Å². The van der Waals surface area contributed by atoms with Crippen LogP contribution in [0.4, 0.5) is 0 Å². The molecule has 0 radical (unpaired) electrons. The van der Waals surface area contributed by atoms with E-state index in [-0.39, 0.29) is 0 Å². The van der Waals surface area contributed by atoms with E-state index in [2.05, 4.69) is 39.0 Å². The third-order valence-corrected chi connectivity index (χ3v) is 3.66. The summed E-state index contributed by atoms with van der Waals surface area (Å²) >= 11 is 0. The first-order valence-electron chi connectivity index (χ1n) is 7.82. The Morgan fingerprint density at radius 3 is 2.90 bits per heavy atom. The molecule has 0 aliphatic carbocycles. The van der Waals surface area contributed by atoms with Gasteiger partial charge in [-0.05, 0) is 64.2 Å². The van der Waals surface area contributed by atoms with E-state index in [9.17, 15) is 0 Å². The van der Waals surface area contributed by atoms with E-state index < -0.39 is 0 Å². The fraction of sp³-hybridized carbons (Fsp3) is 0.474. The van der Waals surface area contributed by atoms with E-state index >= 15 is 0 Å². The van der Waals surface area contributed by atoms with E-state index in [4.69, 9.17) is 9.47 Å². The van der Waals surface area contributed by atoms with Crippen LogP contribution in [-0.4, -0.2) is 13.2 Å². The van der Waals surface area contributed by atoms with Crippen LogP contribution in [0.3, 0.4) is 0 Å². The van der Waals surface area contributed by atoms with Crippen molar-refractivity contribution in [2.75, 3.05) is 13.2 Å². The normalized spacial score (nSPS) is 14.1. The molecule has 0 saturated heterocycles. The van der Waals surface area contributed by atoms with Gasteiger partial charge in [0.05, 0.1) is 6.61 Å². The second kappa shape index (κ2) is 7.92. The molecule has 2 nitrogen and oxygen atoms in total. The summed E-state index contributed by atoms with van der Waals surface area (Å²) in [5.74, 6) is 1.88. The molecule has 0 atom stereocenters. The highest BCUT2D eigenvalue weighted by Crippen LogP contribution is 2.29. The number of hydrogen-bond acceptors (Lipinski definition) is 2. The molecule has 0 spiro atoms. The molecule has 1 heterocycles. The molecule has 1 aromatic carbocycles. The summed E-state index contributed by atoms with van der Waals surface area (Å²) in [4.78, 5) is 0. The summed E-state index contributed by atoms with van der Waals surface area (Å²) in [6, 6.07) is 6.18. The smallest absolute Gasteiger partial charge is 0.126 e. The minimum atomic E-state index is 0.624. The first-order chi connectivity index (χ1) is 10.1. The Labute approximate surface area is 128 Å². The monoisotopic (exact) mass is 286 g/mol. The van der Waals surface area contributed by atoms with Crippen LogP contribution in [-0.2, 0) is 6.42 Å². The minimum Gasteiger partial charge on any atom is -0.493 e. The maximum absolute atomic E-state index is 5.80. The highest BCUT2D eigenvalue weighted by atomic mass is 16.5. The minimum absolute atomic E-state index is 0.624. The number of rotatable bonds is 6. The maximum Gasteiger partial charge on any atom is 0.126 e. The number of hydrogen-bond donors (Lipinski definition) is 0. The molecule has 0 unspecified atom stereocenters. The molecule has 0 bridgehead atoms. The number of fused-ring (bicyclic) bond motifs is 1. The highest BCUT2D eigenvalue weighted by molar-refractivity contribution is 5.41. The molecular formula is C19H26O2. The summed E-state index contributed by atoms with van der Waals surface area (Å²) < 4.78 is 11.5. The average molecular weight is 286 g/mol. The van der Waals surface area contributed by atoms with Gasteiger partial charge in [0.1, 0.15) is 18.1 Å². The van der Waals surface area contributed by atoms with Gasteiger partial charge in [0.2, 0.25) is 0 Å². The van der Waals surface area contributed by atoms with E-state index in [0.717, 1.165) is 43.8 Å². The lowest BCUT2D eigenvalue weighted by atomic mass is 10.1. The number of allylic oxidation sites excluding steroid dienone is 3. The first-order valence-corrected chi connectivity index (χ1v) is 7.82. The summed E-state index contributed by atoms with van der Waals surface area (Å²) in [5, 5.41) is 0. The molecule has 0 amide bonds. The van der Waals surface area contributed by atoms with Crippen molar-refractivity contribution in [3.63, 3.8) is 0 Å². The predicted molar refractivity (Wildman–Crippen MR) is 88.2 cm³/mol. The zero-order valence-corrected chi connectivity index (χ0v) is 13.4. The fourth-order valence-electron chi connectivity index (χ4n) is 2.38. The molecule has 2 heteroatoms. The molecule has 1 aromatic rings. The Bertz CT molecular complexity index is 522. The number of aryl methyl sites for hydroxylation is 1. The third kappa shape index (κ3) is 5.30. The van der Waals surface area contributed by atoms with Gasteiger partial charge in [-0.2, -0.15) is 0 Å². The van der Waals surface area contributed by atoms with Crippen LogP contribution >= 0.6 is 0 Å².